The van der Waals surface area contributed by atoms with Crippen LogP contribution >= 0.6 is 11.6 Å². The van der Waals surface area contributed by atoms with Gasteiger partial charge in [-0.05, 0) is 36.2 Å². The number of hydrogen-bond donors (Lipinski definition) is 1. The van der Waals surface area contributed by atoms with Crippen molar-refractivity contribution in [3.63, 3.8) is 0 Å². The molecule has 0 saturated carbocycles. The van der Waals surface area contributed by atoms with Gasteiger partial charge in [0.15, 0.2) is 0 Å². The van der Waals surface area contributed by atoms with Gasteiger partial charge in [0, 0.05) is 16.8 Å². The van der Waals surface area contributed by atoms with Crippen LogP contribution in [0.15, 0.2) is 36.7 Å². The van der Waals surface area contributed by atoms with Gasteiger partial charge >= 0.3 is 0 Å². The fourth-order valence-corrected chi connectivity index (χ4v) is 1.60. The summed E-state index contributed by atoms with van der Waals surface area (Å²) in [5.41, 5.74) is 9.63. The molecule has 3 heteroatoms. The van der Waals surface area contributed by atoms with Gasteiger partial charge in [0.2, 0.25) is 0 Å². The first kappa shape index (κ1) is 9.99. The van der Waals surface area contributed by atoms with Crippen molar-refractivity contribution >= 4 is 17.3 Å². The molecule has 0 fully saturated rings. The number of pyridine rings is 1. The lowest BCUT2D eigenvalue weighted by Crippen LogP contribution is -1.91. The van der Waals surface area contributed by atoms with Crippen molar-refractivity contribution in [1.82, 2.24) is 4.98 Å². The standard InChI is InChI=1S/C12H11ClN2/c1-8-6-9(2-3-11(8)13)10-4-5-15-7-12(10)14/h2-7H,14H2,1H3. The fraction of sp³-hybridized carbons (Fsp3) is 0.0833. The van der Waals surface area contributed by atoms with Crippen LogP contribution in [-0.4, -0.2) is 4.98 Å². The maximum absolute atomic E-state index is 5.96. The molecule has 0 atom stereocenters. The number of nitrogen functional groups attached to an aromatic ring is 1. The van der Waals surface area contributed by atoms with E-state index in [9.17, 15) is 0 Å². The molecule has 0 radical (unpaired) electrons. The van der Waals surface area contributed by atoms with Gasteiger partial charge in [-0.2, -0.15) is 0 Å². The summed E-state index contributed by atoms with van der Waals surface area (Å²) < 4.78 is 0. The van der Waals surface area contributed by atoms with Gasteiger partial charge in [-0.25, -0.2) is 0 Å². The molecule has 0 amide bonds. The SMILES string of the molecule is Cc1cc(-c2ccncc2N)ccc1Cl. The Balaban J connectivity index is 2.55. The number of nitrogens with zero attached hydrogens (tertiary/aromatic N) is 1. The summed E-state index contributed by atoms with van der Waals surface area (Å²) >= 11 is 5.96. The summed E-state index contributed by atoms with van der Waals surface area (Å²) in [6, 6.07) is 7.76. The number of rotatable bonds is 1. The van der Waals surface area contributed by atoms with Crippen LogP contribution in [0.3, 0.4) is 0 Å². The van der Waals surface area contributed by atoms with Crippen LogP contribution < -0.4 is 5.73 Å². The molecule has 0 saturated heterocycles. The minimum absolute atomic E-state index is 0.680. The molecule has 0 spiro atoms. The molecule has 1 aromatic heterocycles. The van der Waals surface area contributed by atoms with Gasteiger partial charge in [-0.1, -0.05) is 17.7 Å². The normalized spacial score (nSPS) is 10.3. The molecule has 76 valence electrons. The minimum Gasteiger partial charge on any atom is -0.397 e. The van der Waals surface area contributed by atoms with E-state index in [0.717, 1.165) is 21.7 Å². The lowest BCUT2D eigenvalue weighted by Gasteiger charge is -2.06. The Hall–Kier alpha value is -1.54. The predicted octanol–water partition coefficient (Wildman–Crippen LogP) is 3.29. The average molecular weight is 219 g/mol. The predicted molar refractivity (Wildman–Crippen MR) is 63.8 cm³/mol. The Morgan fingerprint density at radius 2 is 2.07 bits per heavy atom. The number of hydrogen-bond acceptors (Lipinski definition) is 2. The molecule has 15 heavy (non-hydrogen) atoms. The second-order valence-corrected chi connectivity index (χ2v) is 3.83. The maximum Gasteiger partial charge on any atom is 0.0580 e. The van der Waals surface area contributed by atoms with Gasteiger partial charge in [0.1, 0.15) is 0 Å². The van der Waals surface area contributed by atoms with E-state index in [-0.39, 0.29) is 0 Å². The minimum atomic E-state index is 0.680. The first-order valence-electron chi connectivity index (χ1n) is 4.64. The van der Waals surface area contributed by atoms with Crippen LogP contribution in [-0.2, 0) is 0 Å². The van der Waals surface area contributed by atoms with E-state index in [1.165, 1.54) is 0 Å². The lowest BCUT2D eigenvalue weighted by molar-refractivity contribution is 1.33. The van der Waals surface area contributed by atoms with Crippen molar-refractivity contribution in [3.05, 3.63) is 47.2 Å². The Bertz CT molecular complexity index is 495. The van der Waals surface area contributed by atoms with Crippen molar-refractivity contribution in [2.45, 2.75) is 6.92 Å². The highest BCUT2D eigenvalue weighted by molar-refractivity contribution is 6.31. The Morgan fingerprint density at radius 3 is 2.73 bits per heavy atom. The van der Waals surface area contributed by atoms with E-state index in [1.807, 2.05) is 31.2 Å². The van der Waals surface area contributed by atoms with E-state index in [4.69, 9.17) is 17.3 Å². The first-order valence-corrected chi connectivity index (χ1v) is 5.02. The maximum atomic E-state index is 5.96. The molecule has 0 unspecified atom stereocenters. The fourth-order valence-electron chi connectivity index (χ4n) is 1.48. The van der Waals surface area contributed by atoms with Crippen molar-refractivity contribution in [2.24, 2.45) is 0 Å². The number of anilines is 1. The van der Waals surface area contributed by atoms with Crippen LogP contribution in [0.4, 0.5) is 5.69 Å². The van der Waals surface area contributed by atoms with E-state index >= 15 is 0 Å². The molecule has 0 aliphatic carbocycles. The highest BCUT2D eigenvalue weighted by atomic mass is 35.5. The van der Waals surface area contributed by atoms with Crippen molar-refractivity contribution < 1.29 is 0 Å². The zero-order chi connectivity index (χ0) is 10.8. The van der Waals surface area contributed by atoms with Crippen LogP contribution in [0.25, 0.3) is 11.1 Å². The summed E-state index contributed by atoms with van der Waals surface area (Å²) in [4.78, 5) is 3.96. The van der Waals surface area contributed by atoms with E-state index < -0.39 is 0 Å². The van der Waals surface area contributed by atoms with Crippen molar-refractivity contribution in [2.75, 3.05) is 5.73 Å². The van der Waals surface area contributed by atoms with E-state index in [0.29, 0.717) is 5.69 Å². The number of aryl methyl sites for hydroxylation is 1. The molecule has 2 N–H and O–H groups in total. The molecule has 1 heterocycles. The van der Waals surface area contributed by atoms with Gasteiger partial charge < -0.3 is 5.73 Å². The molecule has 2 nitrogen and oxygen atoms in total. The third-order valence-corrected chi connectivity index (χ3v) is 2.74. The molecule has 0 aliphatic rings. The zero-order valence-corrected chi connectivity index (χ0v) is 9.12. The third-order valence-electron chi connectivity index (χ3n) is 2.32. The lowest BCUT2D eigenvalue weighted by atomic mass is 10.0. The molecular formula is C12H11ClN2. The topological polar surface area (TPSA) is 38.9 Å². The van der Waals surface area contributed by atoms with Crippen LogP contribution in [0.1, 0.15) is 5.56 Å². The molecule has 0 aliphatic heterocycles. The van der Waals surface area contributed by atoms with Gasteiger partial charge in [-0.3, -0.25) is 4.98 Å². The molecule has 0 bridgehead atoms. The van der Waals surface area contributed by atoms with Gasteiger partial charge in [0.25, 0.3) is 0 Å². The van der Waals surface area contributed by atoms with Crippen LogP contribution in [0.2, 0.25) is 5.02 Å². The summed E-state index contributed by atoms with van der Waals surface area (Å²) in [5, 5.41) is 0.770. The smallest absolute Gasteiger partial charge is 0.0580 e. The van der Waals surface area contributed by atoms with Crippen molar-refractivity contribution in [1.29, 1.82) is 0 Å². The van der Waals surface area contributed by atoms with Crippen LogP contribution in [0.5, 0.6) is 0 Å². The summed E-state index contributed by atoms with van der Waals surface area (Å²) in [7, 11) is 0. The van der Waals surface area contributed by atoms with Crippen molar-refractivity contribution in [3.8, 4) is 11.1 Å². The first-order chi connectivity index (χ1) is 7.18. The largest absolute Gasteiger partial charge is 0.397 e. The number of benzene rings is 1. The van der Waals surface area contributed by atoms with Crippen LogP contribution in [0, 0.1) is 6.92 Å². The number of aromatic nitrogens is 1. The highest BCUT2D eigenvalue weighted by Gasteiger charge is 2.03. The Kier molecular flexibility index (Phi) is 2.60. The number of nitrogens with two attached hydrogens (primary N) is 1. The average Bonchev–Trinajstić information content (AvgIpc) is 2.23. The summed E-state index contributed by atoms with van der Waals surface area (Å²) in [6.45, 7) is 1.98. The molecule has 2 aromatic rings. The summed E-state index contributed by atoms with van der Waals surface area (Å²) in [5.74, 6) is 0. The molecular weight excluding hydrogens is 208 g/mol. The second-order valence-electron chi connectivity index (χ2n) is 3.43. The molecule has 1 aromatic carbocycles. The van der Waals surface area contributed by atoms with Gasteiger partial charge in [-0.15, -0.1) is 0 Å². The Morgan fingerprint density at radius 1 is 1.27 bits per heavy atom. The monoisotopic (exact) mass is 218 g/mol. The quantitative estimate of drug-likeness (QED) is 0.798. The molecule has 2 rings (SSSR count). The Labute approximate surface area is 93.7 Å². The van der Waals surface area contributed by atoms with Gasteiger partial charge in [0.05, 0.1) is 11.9 Å². The number of halogens is 1. The summed E-state index contributed by atoms with van der Waals surface area (Å²) in [6.07, 6.45) is 3.38. The third kappa shape index (κ3) is 1.95. The highest BCUT2D eigenvalue weighted by Crippen LogP contribution is 2.27. The second kappa shape index (κ2) is 3.91. The van der Waals surface area contributed by atoms with E-state index in [2.05, 4.69) is 4.98 Å². The van der Waals surface area contributed by atoms with E-state index in [1.54, 1.807) is 12.4 Å². The zero-order valence-electron chi connectivity index (χ0n) is 8.37.